The molecule has 0 unspecified atom stereocenters. The number of nitrogens with one attached hydrogen (secondary N) is 2. The summed E-state index contributed by atoms with van der Waals surface area (Å²) in [5.41, 5.74) is 1.92. The number of anilines is 3. The predicted molar refractivity (Wildman–Crippen MR) is 102 cm³/mol. The third-order valence-electron chi connectivity index (χ3n) is 3.60. The van der Waals surface area contributed by atoms with Gasteiger partial charge in [0.1, 0.15) is 5.75 Å². The summed E-state index contributed by atoms with van der Waals surface area (Å²) in [5.74, 6) is 0.796. The molecule has 1 heterocycles. The molecule has 0 aliphatic rings. The number of aromatic nitrogens is 2. The maximum absolute atomic E-state index is 12.3. The third-order valence-corrected chi connectivity index (χ3v) is 3.60. The highest BCUT2D eigenvalue weighted by atomic mass is 16.5. The van der Waals surface area contributed by atoms with E-state index in [-0.39, 0.29) is 5.69 Å². The minimum Gasteiger partial charge on any atom is -0.492 e. The van der Waals surface area contributed by atoms with Crippen molar-refractivity contribution in [3.05, 3.63) is 71.9 Å². The molecule has 0 bridgehead atoms. The molecule has 27 heavy (non-hydrogen) atoms. The van der Waals surface area contributed by atoms with Gasteiger partial charge >= 0.3 is 0 Å². The molecule has 0 aliphatic heterocycles. The molecule has 2 aromatic carbocycles. The van der Waals surface area contributed by atoms with E-state index in [4.69, 9.17) is 10.00 Å². The van der Waals surface area contributed by atoms with Crippen LogP contribution in [0.2, 0.25) is 0 Å². The van der Waals surface area contributed by atoms with Crippen LogP contribution in [0.1, 0.15) is 23.0 Å². The summed E-state index contributed by atoms with van der Waals surface area (Å²) in [6, 6.07) is 19.4. The summed E-state index contributed by atoms with van der Waals surface area (Å²) in [4.78, 5) is 12.3. The van der Waals surface area contributed by atoms with E-state index < -0.39 is 5.91 Å². The normalized spacial score (nSPS) is 9.93. The van der Waals surface area contributed by atoms with Gasteiger partial charge in [-0.3, -0.25) is 4.79 Å². The quantitative estimate of drug-likeness (QED) is 0.695. The zero-order valence-electron chi connectivity index (χ0n) is 14.6. The summed E-state index contributed by atoms with van der Waals surface area (Å²) < 4.78 is 5.56. The van der Waals surface area contributed by atoms with E-state index in [0.29, 0.717) is 29.4 Å². The third kappa shape index (κ3) is 4.58. The maximum Gasteiger partial charge on any atom is 0.276 e. The fraction of sp³-hybridized carbons (Fsp3) is 0.100. The molecule has 0 spiro atoms. The van der Waals surface area contributed by atoms with Gasteiger partial charge in [0.15, 0.2) is 11.5 Å². The van der Waals surface area contributed by atoms with E-state index in [0.717, 1.165) is 5.69 Å². The molecule has 134 valence electrons. The Hall–Kier alpha value is -3.92. The Kier molecular flexibility index (Phi) is 5.60. The summed E-state index contributed by atoms with van der Waals surface area (Å²) in [6.45, 7) is 2.47. The fourth-order valence-electron chi connectivity index (χ4n) is 2.37. The first-order chi connectivity index (χ1) is 13.2. The monoisotopic (exact) mass is 359 g/mol. The first-order valence-corrected chi connectivity index (χ1v) is 8.33. The van der Waals surface area contributed by atoms with Crippen LogP contribution in [-0.4, -0.2) is 22.7 Å². The van der Waals surface area contributed by atoms with Gasteiger partial charge in [0.05, 0.1) is 23.9 Å². The number of nitrogens with zero attached hydrogens (tertiary/aromatic N) is 3. The molecule has 1 amide bonds. The van der Waals surface area contributed by atoms with Crippen molar-refractivity contribution in [2.75, 3.05) is 17.2 Å². The van der Waals surface area contributed by atoms with Crippen molar-refractivity contribution in [1.29, 1.82) is 5.26 Å². The van der Waals surface area contributed by atoms with Gasteiger partial charge in [-0.05, 0) is 49.4 Å². The van der Waals surface area contributed by atoms with Gasteiger partial charge in [0, 0.05) is 5.69 Å². The van der Waals surface area contributed by atoms with Crippen molar-refractivity contribution >= 4 is 23.1 Å². The number of carbonyl (C=O) groups is 1. The van der Waals surface area contributed by atoms with Crippen LogP contribution in [0.4, 0.5) is 17.2 Å². The van der Waals surface area contributed by atoms with Crippen molar-refractivity contribution in [1.82, 2.24) is 10.2 Å². The number of carbonyl (C=O) groups excluding carboxylic acids is 1. The number of amides is 1. The predicted octanol–water partition coefficient (Wildman–Crippen LogP) is 3.74. The minimum absolute atomic E-state index is 0.168. The highest BCUT2D eigenvalue weighted by Gasteiger charge is 2.10. The van der Waals surface area contributed by atoms with E-state index in [2.05, 4.69) is 20.8 Å². The lowest BCUT2D eigenvalue weighted by Crippen LogP contribution is -2.14. The molecule has 7 heteroatoms. The summed E-state index contributed by atoms with van der Waals surface area (Å²) >= 11 is 0. The lowest BCUT2D eigenvalue weighted by atomic mass is 10.2. The van der Waals surface area contributed by atoms with E-state index in [1.54, 1.807) is 36.4 Å². The Morgan fingerprint density at radius 3 is 2.70 bits per heavy atom. The number of nitriles is 1. The van der Waals surface area contributed by atoms with Crippen molar-refractivity contribution in [3.63, 3.8) is 0 Å². The van der Waals surface area contributed by atoms with Crippen molar-refractivity contribution in [2.45, 2.75) is 6.92 Å². The highest BCUT2D eigenvalue weighted by Crippen LogP contribution is 2.26. The van der Waals surface area contributed by atoms with Crippen LogP contribution in [-0.2, 0) is 0 Å². The van der Waals surface area contributed by atoms with Gasteiger partial charge in [0.25, 0.3) is 5.91 Å². The van der Waals surface area contributed by atoms with Crippen LogP contribution >= 0.6 is 0 Å². The molecule has 3 rings (SSSR count). The van der Waals surface area contributed by atoms with Crippen LogP contribution in [0.15, 0.2) is 60.7 Å². The Morgan fingerprint density at radius 2 is 1.96 bits per heavy atom. The van der Waals surface area contributed by atoms with Gasteiger partial charge in [-0.1, -0.05) is 18.2 Å². The molecule has 0 saturated heterocycles. The first-order valence-electron chi connectivity index (χ1n) is 8.33. The molecule has 3 aromatic rings. The molecule has 1 aromatic heterocycles. The molecule has 0 aliphatic carbocycles. The molecule has 0 radical (unpaired) electrons. The second-order valence-corrected chi connectivity index (χ2v) is 5.50. The largest absolute Gasteiger partial charge is 0.492 e. The van der Waals surface area contributed by atoms with Gasteiger partial charge in [0.2, 0.25) is 0 Å². The van der Waals surface area contributed by atoms with Gasteiger partial charge in [-0.25, -0.2) is 0 Å². The van der Waals surface area contributed by atoms with E-state index in [1.165, 1.54) is 0 Å². The number of hydrogen-bond donors (Lipinski definition) is 2. The van der Waals surface area contributed by atoms with Crippen LogP contribution in [0, 0.1) is 11.3 Å². The summed E-state index contributed by atoms with van der Waals surface area (Å²) in [5, 5.41) is 22.7. The van der Waals surface area contributed by atoms with Crippen LogP contribution in [0.5, 0.6) is 5.75 Å². The van der Waals surface area contributed by atoms with Crippen molar-refractivity contribution in [3.8, 4) is 11.8 Å². The second kappa shape index (κ2) is 8.45. The number of hydrogen-bond acceptors (Lipinski definition) is 6. The fourth-order valence-corrected chi connectivity index (χ4v) is 2.37. The minimum atomic E-state index is -0.404. The maximum atomic E-state index is 12.3. The summed E-state index contributed by atoms with van der Waals surface area (Å²) in [7, 11) is 0. The van der Waals surface area contributed by atoms with Crippen LogP contribution in [0.25, 0.3) is 0 Å². The molecular formula is C20H17N5O2. The SMILES string of the molecule is CCOc1ccccc1Nc1ccc(C(=O)Nc2cccc(C#N)c2)nn1. The average molecular weight is 359 g/mol. The van der Waals surface area contributed by atoms with Crippen LogP contribution in [0.3, 0.4) is 0 Å². The van der Waals surface area contributed by atoms with Gasteiger partial charge in [-0.2, -0.15) is 5.26 Å². The topological polar surface area (TPSA) is 99.9 Å². The van der Waals surface area contributed by atoms with E-state index >= 15 is 0 Å². The molecule has 0 saturated carbocycles. The number of rotatable bonds is 6. The Labute approximate surface area is 156 Å². The Morgan fingerprint density at radius 1 is 1.11 bits per heavy atom. The standard InChI is InChI=1S/C20H17N5O2/c1-2-27-18-9-4-3-8-16(18)23-19-11-10-17(24-25-19)20(26)22-15-7-5-6-14(12-15)13-21/h3-12H,2H2,1H3,(H,22,26)(H,23,25). The Bertz CT molecular complexity index is 980. The number of ether oxygens (including phenoxy) is 1. The van der Waals surface area contributed by atoms with E-state index in [9.17, 15) is 4.79 Å². The zero-order valence-corrected chi connectivity index (χ0v) is 14.6. The molecule has 2 N–H and O–H groups in total. The lowest BCUT2D eigenvalue weighted by molar-refractivity contribution is 0.102. The number of para-hydroxylation sites is 2. The van der Waals surface area contributed by atoms with Crippen LogP contribution < -0.4 is 15.4 Å². The van der Waals surface area contributed by atoms with Crippen molar-refractivity contribution in [2.24, 2.45) is 0 Å². The van der Waals surface area contributed by atoms with Crippen molar-refractivity contribution < 1.29 is 9.53 Å². The van der Waals surface area contributed by atoms with E-state index in [1.807, 2.05) is 37.3 Å². The second-order valence-electron chi connectivity index (χ2n) is 5.50. The average Bonchev–Trinajstić information content (AvgIpc) is 2.70. The molecule has 7 nitrogen and oxygen atoms in total. The first kappa shape index (κ1) is 17.9. The highest BCUT2D eigenvalue weighted by molar-refractivity contribution is 6.02. The molecule has 0 atom stereocenters. The lowest BCUT2D eigenvalue weighted by Gasteiger charge is -2.11. The molecule has 0 fully saturated rings. The zero-order chi connectivity index (χ0) is 19.1. The van der Waals surface area contributed by atoms with Gasteiger partial charge in [-0.15, -0.1) is 10.2 Å². The Balaban J connectivity index is 1.70. The van der Waals surface area contributed by atoms with Gasteiger partial charge < -0.3 is 15.4 Å². The number of benzene rings is 2. The molecular weight excluding hydrogens is 342 g/mol. The summed E-state index contributed by atoms with van der Waals surface area (Å²) in [6.07, 6.45) is 0. The smallest absolute Gasteiger partial charge is 0.276 e.